The van der Waals surface area contributed by atoms with Crippen molar-refractivity contribution in [1.29, 1.82) is 0 Å². The van der Waals surface area contributed by atoms with E-state index >= 15 is 0 Å². The van der Waals surface area contributed by atoms with Crippen molar-refractivity contribution in [3.63, 3.8) is 0 Å². The second-order valence-corrected chi connectivity index (χ2v) is 5.51. The summed E-state index contributed by atoms with van der Waals surface area (Å²) >= 11 is 0. The third-order valence-electron chi connectivity index (χ3n) is 4.09. The summed E-state index contributed by atoms with van der Waals surface area (Å²) in [5.41, 5.74) is 8.19. The quantitative estimate of drug-likeness (QED) is 0.825. The predicted octanol–water partition coefficient (Wildman–Crippen LogP) is 1.74. The van der Waals surface area contributed by atoms with E-state index < -0.39 is 0 Å². The van der Waals surface area contributed by atoms with E-state index in [0.717, 1.165) is 37.1 Å². The molecule has 2 rings (SSSR count). The molecule has 1 aliphatic heterocycles. The van der Waals surface area contributed by atoms with Gasteiger partial charge in [0.25, 0.3) is 5.91 Å². The molecule has 1 fully saturated rings. The molecule has 19 heavy (non-hydrogen) atoms. The number of hydrogen-bond donors (Lipinski definition) is 1. The fourth-order valence-electron chi connectivity index (χ4n) is 2.64. The molecule has 1 amide bonds. The zero-order chi connectivity index (χ0) is 14.0. The van der Waals surface area contributed by atoms with Crippen LogP contribution in [0, 0.1) is 6.92 Å². The Kier molecular flexibility index (Phi) is 4.10. The summed E-state index contributed by atoms with van der Waals surface area (Å²) in [4.78, 5) is 16.7. The van der Waals surface area contributed by atoms with Crippen LogP contribution in [0.1, 0.15) is 28.8 Å². The number of amides is 1. The smallest absolute Gasteiger partial charge is 0.254 e. The fraction of sp³-hybridized carbons (Fsp3) is 0.533. The Morgan fingerprint density at radius 1 is 1.32 bits per heavy atom. The maximum absolute atomic E-state index is 12.5. The molecule has 0 radical (unpaired) electrons. The van der Waals surface area contributed by atoms with Gasteiger partial charge in [-0.1, -0.05) is 6.07 Å². The highest BCUT2D eigenvalue weighted by Crippen LogP contribution is 2.21. The van der Waals surface area contributed by atoms with Gasteiger partial charge in [0.05, 0.1) is 0 Å². The minimum atomic E-state index is 0.113. The molecule has 1 heterocycles. The van der Waals surface area contributed by atoms with Crippen molar-refractivity contribution in [1.82, 2.24) is 9.80 Å². The van der Waals surface area contributed by atoms with E-state index in [1.54, 1.807) is 0 Å². The average molecular weight is 261 g/mol. The van der Waals surface area contributed by atoms with E-state index in [4.69, 9.17) is 5.73 Å². The predicted molar refractivity (Wildman–Crippen MR) is 78.2 cm³/mol. The molecule has 1 saturated heterocycles. The molecule has 4 nitrogen and oxygen atoms in total. The average Bonchev–Trinajstić information content (AvgIpc) is 2.41. The summed E-state index contributed by atoms with van der Waals surface area (Å²) in [6.07, 6.45) is 2.08. The van der Waals surface area contributed by atoms with Gasteiger partial charge in [-0.15, -0.1) is 0 Å². The Morgan fingerprint density at radius 3 is 2.53 bits per heavy atom. The Morgan fingerprint density at radius 2 is 1.95 bits per heavy atom. The molecule has 0 saturated carbocycles. The molecular formula is C15H23N3O. The van der Waals surface area contributed by atoms with Crippen molar-refractivity contribution in [2.75, 3.05) is 32.9 Å². The number of hydrogen-bond acceptors (Lipinski definition) is 3. The van der Waals surface area contributed by atoms with Crippen LogP contribution in [0.5, 0.6) is 0 Å². The molecule has 0 bridgehead atoms. The number of nitrogens with zero attached hydrogens (tertiary/aromatic N) is 2. The standard InChI is InChI=1S/C15H23N3O/c1-11-13(5-4-6-14(11)16)15(19)18-9-7-12(8-10-18)17(2)3/h4-6,12H,7-10,16H2,1-3H3. The van der Waals surface area contributed by atoms with Gasteiger partial charge in [-0.25, -0.2) is 0 Å². The minimum Gasteiger partial charge on any atom is -0.398 e. The Bertz CT molecular complexity index is 462. The molecule has 1 aromatic carbocycles. The van der Waals surface area contributed by atoms with Crippen LogP contribution in [0.15, 0.2) is 18.2 Å². The molecule has 4 heteroatoms. The highest BCUT2D eigenvalue weighted by Gasteiger charge is 2.25. The zero-order valence-electron chi connectivity index (χ0n) is 12.0. The summed E-state index contributed by atoms with van der Waals surface area (Å²) in [7, 11) is 4.20. The molecule has 0 atom stereocenters. The lowest BCUT2D eigenvalue weighted by atomic mass is 10.0. The molecule has 0 aliphatic carbocycles. The van der Waals surface area contributed by atoms with Gasteiger partial charge in [0.15, 0.2) is 0 Å². The van der Waals surface area contributed by atoms with E-state index in [0.29, 0.717) is 11.7 Å². The Hall–Kier alpha value is -1.55. The van der Waals surface area contributed by atoms with Gasteiger partial charge in [-0.2, -0.15) is 0 Å². The van der Waals surface area contributed by atoms with Crippen molar-refractivity contribution in [2.45, 2.75) is 25.8 Å². The lowest BCUT2D eigenvalue weighted by molar-refractivity contribution is 0.0662. The summed E-state index contributed by atoms with van der Waals surface area (Å²) in [5, 5.41) is 0. The molecule has 2 N–H and O–H groups in total. The molecule has 0 aromatic heterocycles. The second kappa shape index (κ2) is 5.61. The summed E-state index contributed by atoms with van der Waals surface area (Å²) < 4.78 is 0. The lowest BCUT2D eigenvalue weighted by Gasteiger charge is -2.35. The van der Waals surface area contributed by atoms with Crippen LogP contribution in [0.2, 0.25) is 0 Å². The van der Waals surface area contributed by atoms with Crippen LogP contribution in [-0.4, -0.2) is 48.9 Å². The number of nitrogens with two attached hydrogens (primary N) is 1. The minimum absolute atomic E-state index is 0.113. The number of piperidine rings is 1. The third kappa shape index (κ3) is 2.89. The Balaban J connectivity index is 2.07. The SMILES string of the molecule is Cc1c(N)cccc1C(=O)N1CCC(N(C)C)CC1. The van der Waals surface area contributed by atoms with Crippen LogP contribution in [0.3, 0.4) is 0 Å². The number of likely N-dealkylation sites (tertiary alicyclic amines) is 1. The first kappa shape index (κ1) is 13.9. The highest BCUT2D eigenvalue weighted by molar-refractivity contribution is 5.96. The van der Waals surface area contributed by atoms with Crippen LogP contribution < -0.4 is 5.73 Å². The van der Waals surface area contributed by atoms with Gasteiger partial charge < -0.3 is 15.5 Å². The topological polar surface area (TPSA) is 49.6 Å². The number of carbonyl (C=O) groups is 1. The van der Waals surface area contributed by atoms with Gasteiger partial charge in [0.2, 0.25) is 0 Å². The van der Waals surface area contributed by atoms with Crippen molar-refractivity contribution in [2.24, 2.45) is 0 Å². The van der Waals surface area contributed by atoms with Crippen LogP contribution in [0.4, 0.5) is 5.69 Å². The van der Waals surface area contributed by atoms with Gasteiger partial charge >= 0.3 is 0 Å². The van der Waals surface area contributed by atoms with E-state index in [1.807, 2.05) is 30.0 Å². The van der Waals surface area contributed by atoms with Crippen molar-refractivity contribution < 1.29 is 4.79 Å². The van der Waals surface area contributed by atoms with Crippen LogP contribution >= 0.6 is 0 Å². The second-order valence-electron chi connectivity index (χ2n) is 5.51. The Labute approximate surface area is 115 Å². The normalized spacial score (nSPS) is 16.9. The summed E-state index contributed by atoms with van der Waals surface area (Å²) in [6, 6.07) is 6.14. The van der Waals surface area contributed by atoms with E-state index in [9.17, 15) is 4.79 Å². The van der Waals surface area contributed by atoms with E-state index in [1.165, 1.54) is 0 Å². The first-order valence-electron chi connectivity index (χ1n) is 6.81. The van der Waals surface area contributed by atoms with Gasteiger partial charge in [-0.3, -0.25) is 4.79 Å². The first-order valence-corrected chi connectivity index (χ1v) is 6.81. The summed E-state index contributed by atoms with van der Waals surface area (Å²) in [6.45, 7) is 3.57. The number of benzene rings is 1. The van der Waals surface area contributed by atoms with Crippen LogP contribution in [0.25, 0.3) is 0 Å². The molecule has 104 valence electrons. The maximum Gasteiger partial charge on any atom is 0.254 e. The number of anilines is 1. The molecule has 0 unspecified atom stereocenters. The number of rotatable bonds is 2. The van der Waals surface area contributed by atoms with Crippen molar-refractivity contribution in [3.05, 3.63) is 29.3 Å². The van der Waals surface area contributed by atoms with E-state index in [-0.39, 0.29) is 5.91 Å². The van der Waals surface area contributed by atoms with Crippen molar-refractivity contribution >= 4 is 11.6 Å². The van der Waals surface area contributed by atoms with Gasteiger partial charge in [-0.05, 0) is 51.6 Å². The molecule has 1 aromatic rings. The number of nitrogen functional groups attached to an aromatic ring is 1. The van der Waals surface area contributed by atoms with Gasteiger partial charge in [0, 0.05) is 30.4 Å². The highest BCUT2D eigenvalue weighted by atomic mass is 16.2. The molecular weight excluding hydrogens is 238 g/mol. The third-order valence-corrected chi connectivity index (χ3v) is 4.09. The largest absolute Gasteiger partial charge is 0.398 e. The van der Waals surface area contributed by atoms with Gasteiger partial charge in [0.1, 0.15) is 0 Å². The number of carbonyl (C=O) groups excluding carboxylic acids is 1. The zero-order valence-corrected chi connectivity index (χ0v) is 12.0. The fourth-order valence-corrected chi connectivity index (χ4v) is 2.64. The molecule has 0 spiro atoms. The monoisotopic (exact) mass is 261 g/mol. The lowest BCUT2D eigenvalue weighted by Crippen LogP contribution is -2.44. The summed E-state index contributed by atoms with van der Waals surface area (Å²) in [5.74, 6) is 0.113. The first-order chi connectivity index (χ1) is 9.00. The maximum atomic E-state index is 12.5. The molecule has 1 aliphatic rings. The van der Waals surface area contributed by atoms with Crippen LogP contribution in [-0.2, 0) is 0 Å². The van der Waals surface area contributed by atoms with E-state index in [2.05, 4.69) is 19.0 Å². The van der Waals surface area contributed by atoms with Crippen molar-refractivity contribution in [3.8, 4) is 0 Å².